The van der Waals surface area contributed by atoms with E-state index in [2.05, 4.69) is 15.3 Å². The third-order valence-electron chi connectivity index (χ3n) is 5.14. The fourth-order valence-corrected chi connectivity index (χ4v) is 3.62. The monoisotopic (exact) mass is 400 g/mol. The van der Waals surface area contributed by atoms with Crippen LogP contribution in [0.3, 0.4) is 0 Å². The molecule has 0 aliphatic carbocycles. The Balaban J connectivity index is 1.75. The van der Waals surface area contributed by atoms with Crippen LogP contribution in [-0.2, 0) is 11.3 Å². The number of para-hydroxylation sites is 1. The maximum Gasteiger partial charge on any atom is 0.271 e. The molecule has 29 heavy (non-hydrogen) atoms. The number of amides is 1. The number of hydrogen-bond donors (Lipinski definition) is 1. The Hall–Kier alpha value is -2.71. The van der Waals surface area contributed by atoms with Crippen molar-refractivity contribution in [1.82, 2.24) is 20.0 Å². The summed E-state index contributed by atoms with van der Waals surface area (Å²) in [4.78, 5) is 27.0. The molecular formula is C21H28N4O4. The summed E-state index contributed by atoms with van der Waals surface area (Å²) in [7, 11) is 3.21. The van der Waals surface area contributed by atoms with Gasteiger partial charge in [-0.1, -0.05) is 18.2 Å². The maximum atomic E-state index is 12.7. The third kappa shape index (κ3) is 5.21. The predicted molar refractivity (Wildman–Crippen MR) is 109 cm³/mol. The van der Waals surface area contributed by atoms with Crippen molar-refractivity contribution in [3.8, 4) is 5.75 Å². The Morgan fingerprint density at radius 3 is 2.66 bits per heavy atom. The lowest BCUT2D eigenvalue weighted by atomic mass is 10.0. The van der Waals surface area contributed by atoms with Gasteiger partial charge in [0.05, 0.1) is 26.3 Å². The molecule has 1 aromatic carbocycles. The van der Waals surface area contributed by atoms with Crippen molar-refractivity contribution in [2.45, 2.75) is 25.4 Å². The van der Waals surface area contributed by atoms with Gasteiger partial charge < -0.3 is 14.8 Å². The predicted octanol–water partition coefficient (Wildman–Crippen LogP) is 1.47. The first-order chi connectivity index (χ1) is 14.1. The Kier molecular flexibility index (Phi) is 7.37. The van der Waals surface area contributed by atoms with Gasteiger partial charge in [-0.3, -0.25) is 14.5 Å². The second kappa shape index (κ2) is 10.2. The molecule has 1 atom stereocenters. The molecule has 0 saturated carbocycles. The van der Waals surface area contributed by atoms with Gasteiger partial charge in [0.15, 0.2) is 0 Å². The Morgan fingerprint density at radius 1 is 1.17 bits per heavy atom. The molecule has 2 heterocycles. The number of benzene rings is 1. The van der Waals surface area contributed by atoms with E-state index in [0.717, 1.165) is 37.2 Å². The number of hydrogen-bond acceptors (Lipinski definition) is 6. The molecule has 2 aromatic rings. The van der Waals surface area contributed by atoms with E-state index < -0.39 is 0 Å². The Bertz CT molecular complexity index is 877. The van der Waals surface area contributed by atoms with Gasteiger partial charge in [-0.05, 0) is 38.1 Å². The standard InChI is InChI=1S/C21H28N4O4/c1-28-14-13-25-20(26)10-9-17(23-25)21(27)22-15-18(24-11-5-6-12-24)16-7-3-4-8-19(16)29-2/h3-4,7-10,18H,5-6,11-15H2,1-2H3,(H,22,27)/t18-/m1/s1. The summed E-state index contributed by atoms with van der Waals surface area (Å²) >= 11 is 0. The number of aromatic nitrogens is 2. The molecule has 0 spiro atoms. The number of nitrogens with one attached hydrogen (secondary N) is 1. The van der Waals surface area contributed by atoms with Crippen LogP contribution in [0.5, 0.6) is 5.75 Å². The van der Waals surface area contributed by atoms with E-state index in [4.69, 9.17) is 9.47 Å². The van der Waals surface area contributed by atoms with Crippen LogP contribution in [0.15, 0.2) is 41.2 Å². The van der Waals surface area contributed by atoms with Crippen LogP contribution in [0.1, 0.15) is 34.9 Å². The third-order valence-corrected chi connectivity index (χ3v) is 5.14. The molecule has 1 aromatic heterocycles. The van der Waals surface area contributed by atoms with Gasteiger partial charge in [0.1, 0.15) is 11.4 Å². The largest absolute Gasteiger partial charge is 0.496 e. The SMILES string of the molecule is COCCn1nc(C(=O)NC[C@H](c2ccccc2OC)N2CCCC2)ccc1=O. The van der Waals surface area contributed by atoms with E-state index in [9.17, 15) is 9.59 Å². The maximum absolute atomic E-state index is 12.7. The molecule has 1 aliphatic heterocycles. The zero-order chi connectivity index (χ0) is 20.6. The van der Waals surface area contributed by atoms with Crippen molar-refractivity contribution >= 4 is 5.91 Å². The summed E-state index contributed by atoms with van der Waals surface area (Å²) in [6.07, 6.45) is 2.29. The molecule has 8 heteroatoms. The van der Waals surface area contributed by atoms with E-state index >= 15 is 0 Å². The number of nitrogens with zero attached hydrogens (tertiary/aromatic N) is 3. The minimum absolute atomic E-state index is 0.0111. The minimum atomic E-state index is -0.310. The smallest absolute Gasteiger partial charge is 0.271 e. The number of ether oxygens (including phenoxy) is 2. The number of methoxy groups -OCH3 is 2. The Labute approximate surface area is 170 Å². The summed E-state index contributed by atoms with van der Waals surface area (Å²) < 4.78 is 11.8. The molecule has 1 fully saturated rings. The van der Waals surface area contributed by atoms with Crippen LogP contribution in [0.2, 0.25) is 0 Å². The summed E-state index contributed by atoms with van der Waals surface area (Å²) in [6, 6.07) is 10.7. The van der Waals surface area contributed by atoms with E-state index in [1.165, 1.54) is 16.8 Å². The first-order valence-electron chi connectivity index (χ1n) is 9.86. The summed E-state index contributed by atoms with van der Waals surface area (Å²) in [5, 5.41) is 7.15. The minimum Gasteiger partial charge on any atom is -0.496 e. The van der Waals surface area contributed by atoms with E-state index in [1.807, 2.05) is 24.3 Å². The topological polar surface area (TPSA) is 85.7 Å². The van der Waals surface area contributed by atoms with Crippen LogP contribution >= 0.6 is 0 Å². The van der Waals surface area contributed by atoms with Gasteiger partial charge in [-0.2, -0.15) is 5.10 Å². The summed E-state index contributed by atoms with van der Waals surface area (Å²) in [5.74, 6) is 0.500. The van der Waals surface area contributed by atoms with Crippen LogP contribution < -0.4 is 15.6 Å². The van der Waals surface area contributed by atoms with Crippen molar-refractivity contribution < 1.29 is 14.3 Å². The lowest BCUT2D eigenvalue weighted by Crippen LogP contribution is -2.38. The fraction of sp³-hybridized carbons (Fsp3) is 0.476. The molecule has 1 amide bonds. The average Bonchev–Trinajstić information content (AvgIpc) is 3.28. The van der Waals surface area contributed by atoms with Crippen molar-refractivity contribution in [2.24, 2.45) is 0 Å². The highest BCUT2D eigenvalue weighted by Crippen LogP contribution is 2.31. The molecular weight excluding hydrogens is 372 g/mol. The van der Waals surface area contributed by atoms with Gasteiger partial charge in [0, 0.05) is 25.3 Å². The highest BCUT2D eigenvalue weighted by molar-refractivity contribution is 5.92. The number of carbonyl (C=O) groups is 1. The zero-order valence-corrected chi connectivity index (χ0v) is 17.0. The van der Waals surface area contributed by atoms with Crippen molar-refractivity contribution in [3.63, 3.8) is 0 Å². The molecule has 0 radical (unpaired) electrons. The fourth-order valence-electron chi connectivity index (χ4n) is 3.62. The highest BCUT2D eigenvalue weighted by Gasteiger charge is 2.26. The summed E-state index contributed by atoms with van der Waals surface area (Å²) in [5.41, 5.74) is 0.999. The number of likely N-dealkylation sites (tertiary alicyclic amines) is 1. The molecule has 1 aliphatic rings. The van der Waals surface area contributed by atoms with Crippen molar-refractivity contribution in [3.05, 3.63) is 58.0 Å². The first-order valence-corrected chi connectivity index (χ1v) is 9.86. The van der Waals surface area contributed by atoms with Gasteiger partial charge in [0.2, 0.25) is 0 Å². The normalized spacial score (nSPS) is 15.2. The lowest BCUT2D eigenvalue weighted by molar-refractivity contribution is 0.0928. The van der Waals surface area contributed by atoms with Crippen LogP contribution in [0.4, 0.5) is 0 Å². The molecule has 0 bridgehead atoms. The van der Waals surface area contributed by atoms with Crippen molar-refractivity contribution in [2.75, 3.05) is 40.5 Å². The molecule has 1 saturated heterocycles. The number of carbonyl (C=O) groups excluding carboxylic acids is 1. The summed E-state index contributed by atoms with van der Waals surface area (Å²) in [6.45, 7) is 3.05. The second-order valence-electron chi connectivity index (χ2n) is 6.98. The molecule has 0 unspecified atom stereocenters. The molecule has 156 valence electrons. The molecule has 8 nitrogen and oxygen atoms in total. The van der Waals surface area contributed by atoms with E-state index in [1.54, 1.807) is 14.2 Å². The van der Waals surface area contributed by atoms with Gasteiger partial charge in [-0.15, -0.1) is 0 Å². The highest BCUT2D eigenvalue weighted by atomic mass is 16.5. The van der Waals surface area contributed by atoms with E-state index in [-0.39, 0.29) is 23.2 Å². The van der Waals surface area contributed by atoms with Gasteiger partial charge >= 0.3 is 0 Å². The van der Waals surface area contributed by atoms with Crippen molar-refractivity contribution in [1.29, 1.82) is 0 Å². The zero-order valence-electron chi connectivity index (χ0n) is 17.0. The number of rotatable bonds is 9. The molecule has 1 N–H and O–H groups in total. The van der Waals surface area contributed by atoms with Gasteiger partial charge in [-0.25, -0.2) is 4.68 Å². The lowest BCUT2D eigenvalue weighted by Gasteiger charge is -2.29. The molecule has 3 rings (SSSR count). The average molecular weight is 400 g/mol. The van der Waals surface area contributed by atoms with Crippen LogP contribution in [0.25, 0.3) is 0 Å². The van der Waals surface area contributed by atoms with Gasteiger partial charge in [0.25, 0.3) is 11.5 Å². The van der Waals surface area contributed by atoms with Crippen LogP contribution in [0, 0.1) is 0 Å². The van der Waals surface area contributed by atoms with E-state index in [0.29, 0.717) is 19.7 Å². The second-order valence-corrected chi connectivity index (χ2v) is 6.98. The first kappa shape index (κ1) is 21.0. The van der Waals surface area contributed by atoms with Crippen LogP contribution in [-0.4, -0.2) is 61.0 Å². The quantitative estimate of drug-likeness (QED) is 0.686. The Morgan fingerprint density at radius 2 is 1.93 bits per heavy atom.